The van der Waals surface area contributed by atoms with Crippen LogP contribution in [0.1, 0.15) is 39.2 Å². The summed E-state index contributed by atoms with van der Waals surface area (Å²) in [5.41, 5.74) is 0.233. The first-order valence-electron chi connectivity index (χ1n) is 6.92. The summed E-state index contributed by atoms with van der Waals surface area (Å²) in [6, 6.07) is 8.58. The molecule has 1 atom stereocenters. The highest BCUT2D eigenvalue weighted by Gasteiger charge is 2.30. The maximum absolute atomic E-state index is 11.8. The lowest BCUT2D eigenvalue weighted by molar-refractivity contribution is -0.155. The van der Waals surface area contributed by atoms with Crippen LogP contribution in [0.2, 0.25) is 0 Å². The summed E-state index contributed by atoms with van der Waals surface area (Å²) in [5.74, 6) is -0.439. The van der Waals surface area contributed by atoms with Gasteiger partial charge < -0.3 is 9.47 Å². The Morgan fingerprint density at radius 1 is 1.29 bits per heavy atom. The van der Waals surface area contributed by atoms with E-state index in [2.05, 4.69) is 4.99 Å². The van der Waals surface area contributed by atoms with Gasteiger partial charge in [-0.25, -0.2) is 9.79 Å². The van der Waals surface area contributed by atoms with Crippen LogP contribution in [0.15, 0.2) is 35.3 Å². The number of esters is 2. The molecule has 5 nitrogen and oxygen atoms in total. The Morgan fingerprint density at radius 3 is 2.57 bits per heavy atom. The second-order valence-corrected chi connectivity index (χ2v) is 5.86. The van der Waals surface area contributed by atoms with Crippen LogP contribution in [0.25, 0.3) is 0 Å². The fourth-order valence-corrected chi connectivity index (χ4v) is 1.93. The molecule has 0 N–H and O–H groups in total. The monoisotopic (exact) mass is 289 g/mol. The molecule has 0 aromatic heterocycles. The van der Waals surface area contributed by atoms with Gasteiger partial charge in [0.1, 0.15) is 5.60 Å². The topological polar surface area (TPSA) is 65.0 Å². The molecule has 21 heavy (non-hydrogen) atoms. The minimum absolute atomic E-state index is 0.141. The number of benzene rings is 1. The van der Waals surface area contributed by atoms with E-state index >= 15 is 0 Å². The van der Waals surface area contributed by atoms with Crippen molar-refractivity contribution in [3.05, 3.63) is 35.9 Å². The highest BCUT2D eigenvalue weighted by Crippen LogP contribution is 2.18. The van der Waals surface area contributed by atoms with Crippen LogP contribution in [0.3, 0.4) is 0 Å². The quantitative estimate of drug-likeness (QED) is 0.799. The lowest BCUT2D eigenvalue weighted by Crippen LogP contribution is -2.25. The molecule has 2 rings (SSSR count). The van der Waals surface area contributed by atoms with Crippen LogP contribution in [-0.2, 0) is 19.1 Å². The van der Waals surface area contributed by atoms with Crippen LogP contribution < -0.4 is 0 Å². The van der Waals surface area contributed by atoms with Gasteiger partial charge in [-0.1, -0.05) is 18.2 Å². The van der Waals surface area contributed by atoms with Gasteiger partial charge in [-0.05, 0) is 39.3 Å². The molecular formula is C16H19NO4. The van der Waals surface area contributed by atoms with E-state index < -0.39 is 17.6 Å². The van der Waals surface area contributed by atoms with Gasteiger partial charge in [0.15, 0.2) is 6.04 Å². The molecule has 1 aromatic rings. The number of carbonyl (C=O) groups is 2. The van der Waals surface area contributed by atoms with Gasteiger partial charge in [-0.3, -0.25) is 4.79 Å². The summed E-state index contributed by atoms with van der Waals surface area (Å²) in [4.78, 5) is 27.7. The van der Waals surface area contributed by atoms with Crippen molar-refractivity contribution in [2.75, 3.05) is 0 Å². The number of hydrogen-bond acceptors (Lipinski definition) is 5. The molecule has 0 saturated carbocycles. The normalized spacial score (nSPS) is 18.1. The van der Waals surface area contributed by atoms with E-state index in [-0.39, 0.29) is 12.4 Å². The largest absolute Gasteiger partial charge is 0.460 e. The molecule has 0 radical (unpaired) electrons. The highest BCUT2D eigenvalue weighted by molar-refractivity contribution is 6.06. The van der Waals surface area contributed by atoms with Gasteiger partial charge in [0.25, 0.3) is 0 Å². The smallest absolute Gasteiger partial charge is 0.337 e. The molecule has 1 aromatic carbocycles. The third-order valence-electron chi connectivity index (χ3n) is 2.81. The summed E-state index contributed by atoms with van der Waals surface area (Å²) in [6.07, 6.45) is 0.437. The van der Waals surface area contributed by atoms with E-state index in [1.165, 1.54) is 0 Å². The number of hydrogen-bond donors (Lipinski definition) is 0. The minimum atomic E-state index is -0.632. The van der Waals surface area contributed by atoms with Gasteiger partial charge in [0.2, 0.25) is 5.90 Å². The molecule has 0 spiro atoms. The van der Waals surface area contributed by atoms with Crippen molar-refractivity contribution in [1.82, 2.24) is 0 Å². The van der Waals surface area contributed by atoms with Crippen LogP contribution in [0, 0.1) is 0 Å². The third-order valence-corrected chi connectivity index (χ3v) is 2.81. The second kappa shape index (κ2) is 6.08. The number of cyclic esters (lactones) is 1. The second-order valence-electron chi connectivity index (χ2n) is 5.86. The number of rotatable bonds is 4. The first kappa shape index (κ1) is 15.2. The average molecular weight is 289 g/mol. The molecule has 1 aliphatic heterocycles. The Hall–Kier alpha value is -2.17. The van der Waals surface area contributed by atoms with Crippen LogP contribution in [-0.4, -0.2) is 29.5 Å². The van der Waals surface area contributed by atoms with Crippen molar-refractivity contribution in [2.45, 2.75) is 45.3 Å². The van der Waals surface area contributed by atoms with Crippen molar-refractivity contribution >= 4 is 17.8 Å². The van der Waals surface area contributed by atoms with E-state index in [0.717, 1.165) is 5.56 Å². The number of nitrogens with zero attached hydrogens (tertiary/aromatic N) is 1. The zero-order chi connectivity index (χ0) is 15.5. The number of ether oxygens (including phenoxy) is 2. The van der Waals surface area contributed by atoms with Crippen LogP contribution >= 0.6 is 0 Å². The molecular weight excluding hydrogens is 270 g/mol. The molecule has 0 amide bonds. The molecule has 1 aliphatic rings. The van der Waals surface area contributed by atoms with Gasteiger partial charge in [-0.2, -0.15) is 0 Å². The molecule has 112 valence electrons. The van der Waals surface area contributed by atoms with Crippen molar-refractivity contribution in [3.8, 4) is 0 Å². The SMILES string of the molecule is CC(C)(C)OC(=O)CC[C@H]1N=C(c2ccccc2)OC1=O. The van der Waals surface area contributed by atoms with Gasteiger partial charge in [-0.15, -0.1) is 0 Å². The Morgan fingerprint density at radius 2 is 1.95 bits per heavy atom. The Kier molecular flexibility index (Phi) is 4.40. The standard InChI is InChI=1S/C16H19NO4/c1-16(2,3)21-13(18)10-9-12-15(19)20-14(17-12)11-7-5-4-6-8-11/h4-8,12H,9-10H2,1-3H3/t12-/m1/s1. The number of carbonyl (C=O) groups excluding carboxylic acids is 2. The fourth-order valence-electron chi connectivity index (χ4n) is 1.93. The summed E-state index contributed by atoms with van der Waals surface area (Å²) in [6.45, 7) is 5.42. The molecule has 0 saturated heterocycles. The lowest BCUT2D eigenvalue weighted by Gasteiger charge is -2.19. The van der Waals surface area contributed by atoms with Crippen molar-refractivity contribution < 1.29 is 19.1 Å². The maximum atomic E-state index is 11.8. The van der Waals surface area contributed by atoms with Crippen LogP contribution in [0.4, 0.5) is 0 Å². The molecule has 0 fully saturated rings. The first-order chi connectivity index (χ1) is 9.85. The minimum Gasteiger partial charge on any atom is -0.460 e. The van der Waals surface area contributed by atoms with E-state index in [1.807, 2.05) is 30.3 Å². The molecule has 5 heteroatoms. The molecule has 0 bridgehead atoms. The molecule has 0 unspecified atom stereocenters. The van der Waals surface area contributed by atoms with Crippen molar-refractivity contribution in [1.29, 1.82) is 0 Å². The Balaban J connectivity index is 1.94. The predicted molar refractivity (Wildman–Crippen MR) is 77.9 cm³/mol. The van der Waals surface area contributed by atoms with Crippen LogP contribution in [0.5, 0.6) is 0 Å². The lowest BCUT2D eigenvalue weighted by atomic mass is 10.1. The zero-order valence-electron chi connectivity index (χ0n) is 12.5. The van der Waals surface area contributed by atoms with Gasteiger partial charge in [0, 0.05) is 12.0 Å². The predicted octanol–water partition coefficient (Wildman–Crippen LogP) is 2.48. The van der Waals surface area contributed by atoms with Gasteiger partial charge >= 0.3 is 11.9 Å². The van der Waals surface area contributed by atoms with Crippen molar-refractivity contribution in [3.63, 3.8) is 0 Å². The Labute approximate surface area is 124 Å². The van der Waals surface area contributed by atoms with E-state index in [0.29, 0.717) is 12.3 Å². The zero-order valence-corrected chi connectivity index (χ0v) is 12.5. The highest BCUT2D eigenvalue weighted by atomic mass is 16.6. The van der Waals surface area contributed by atoms with Gasteiger partial charge in [0.05, 0.1) is 0 Å². The summed E-state index contributed by atoms with van der Waals surface area (Å²) >= 11 is 0. The van der Waals surface area contributed by atoms with Crippen molar-refractivity contribution in [2.24, 2.45) is 4.99 Å². The summed E-state index contributed by atoms with van der Waals surface area (Å²) < 4.78 is 10.4. The molecule has 0 aliphatic carbocycles. The molecule has 1 heterocycles. The maximum Gasteiger partial charge on any atom is 0.337 e. The summed E-state index contributed by atoms with van der Waals surface area (Å²) in [5, 5.41) is 0. The number of aliphatic imine (C=N–C) groups is 1. The van der Waals surface area contributed by atoms with E-state index in [9.17, 15) is 9.59 Å². The average Bonchev–Trinajstić information content (AvgIpc) is 2.77. The Bertz CT molecular complexity index is 557. The first-order valence-corrected chi connectivity index (χ1v) is 6.92. The third kappa shape index (κ3) is 4.41. The fraction of sp³-hybridized carbons (Fsp3) is 0.438. The van der Waals surface area contributed by atoms with E-state index in [1.54, 1.807) is 20.8 Å². The summed E-state index contributed by atoms with van der Waals surface area (Å²) in [7, 11) is 0. The van der Waals surface area contributed by atoms with E-state index in [4.69, 9.17) is 9.47 Å².